The lowest BCUT2D eigenvalue weighted by Gasteiger charge is -2.34. The first kappa shape index (κ1) is 12.0. The van der Waals surface area contributed by atoms with Crippen LogP contribution in [0.15, 0.2) is 17.2 Å². The molecule has 0 spiro atoms. The lowest BCUT2D eigenvalue weighted by molar-refractivity contribution is 0.291. The Labute approximate surface area is 104 Å². The van der Waals surface area contributed by atoms with Gasteiger partial charge < -0.3 is 15.6 Å². The Bertz CT molecular complexity index is 452. The molecule has 2 rings (SSSR count). The van der Waals surface area contributed by atoms with Crippen LogP contribution in [-0.4, -0.2) is 52.6 Å². The van der Waals surface area contributed by atoms with Crippen LogP contribution in [-0.2, 0) is 0 Å². The lowest BCUT2D eigenvalue weighted by atomic mass is 10.3. The molecule has 1 aliphatic heterocycles. The van der Waals surface area contributed by atoms with E-state index in [-0.39, 0.29) is 5.56 Å². The third kappa shape index (κ3) is 3.24. The number of piperazine rings is 1. The molecule has 92 valence electrons. The smallest absolute Gasteiger partial charge is 0.252 e. The van der Waals surface area contributed by atoms with Gasteiger partial charge in [-0.1, -0.05) is 12.2 Å². The van der Waals surface area contributed by atoms with Gasteiger partial charge in [-0.2, -0.15) is 0 Å². The fourth-order valence-electron chi connectivity index (χ4n) is 1.89. The minimum absolute atomic E-state index is 0.124. The minimum atomic E-state index is -0.124. The van der Waals surface area contributed by atoms with E-state index in [4.69, 9.17) is 18.0 Å². The van der Waals surface area contributed by atoms with E-state index in [0.717, 1.165) is 32.0 Å². The number of rotatable bonds is 3. The second-order valence-corrected chi connectivity index (χ2v) is 4.52. The molecule has 0 unspecified atom stereocenters. The Hall–Kier alpha value is -1.47. The quantitative estimate of drug-likeness (QED) is 0.685. The summed E-state index contributed by atoms with van der Waals surface area (Å²) in [6, 6.07) is 1.52. The average Bonchev–Trinajstić information content (AvgIpc) is 2.29. The van der Waals surface area contributed by atoms with Crippen LogP contribution < -0.4 is 16.2 Å². The van der Waals surface area contributed by atoms with E-state index < -0.39 is 0 Å². The monoisotopic (exact) mass is 253 g/mol. The SMILES string of the molecule is NC(=S)CN1CCN(c2cc(=O)[nH]cn2)CC1. The van der Waals surface area contributed by atoms with Gasteiger partial charge in [-0.25, -0.2) is 4.98 Å². The molecule has 0 bridgehead atoms. The van der Waals surface area contributed by atoms with Crippen molar-refractivity contribution in [3.63, 3.8) is 0 Å². The maximum Gasteiger partial charge on any atom is 0.252 e. The van der Waals surface area contributed by atoms with Crippen LogP contribution >= 0.6 is 12.2 Å². The van der Waals surface area contributed by atoms with Crippen LogP contribution in [0.4, 0.5) is 5.82 Å². The number of nitrogens with one attached hydrogen (secondary N) is 1. The van der Waals surface area contributed by atoms with E-state index >= 15 is 0 Å². The largest absolute Gasteiger partial charge is 0.392 e. The first-order chi connectivity index (χ1) is 8.15. The van der Waals surface area contributed by atoms with Crippen molar-refractivity contribution in [3.05, 3.63) is 22.7 Å². The van der Waals surface area contributed by atoms with Crippen LogP contribution in [0.3, 0.4) is 0 Å². The fraction of sp³-hybridized carbons (Fsp3) is 0.500. The Balaban J connectivity index is 1.95. The summed E-state index contributed by atoms with van der Waals surface area (Å²) in [7, 11) is 0. The average molecular weight is 253 g/mol. The maximum absolute atomic E-state index is 11.2. The molecular formula is C10H15N5OS. The van der Waals surface area contributed by atoms with E-state index in [1.54, 1.807) is 0 Å². The van der Waals surface area contributed by atoms with Gasteiger partial charge in [0.15, 0.2) is 0 Å². The van der Waals surface area contributed by atoms with E-state index in [2.05, 4.69) is 19.8 Å². The summed E-state index contributed by atoms with van der Waals surface area (Å²) < 4.78 is 0. The van der Waals surface area contributed by atoms with Gasteiger partial charge in [0.1, 0.15) is 5.82 Å². The number of hydrogen-bond donors (Lipinski definition) is 2. The molecule has 1 aliphatic rings. The third-order valence-electron chi connectivity index (χ3n) is 2.74. The molecule has 1 aromatic heterocycles. The number of H-pyrrole nitrogens is 1. The van der Waals surface area contributed by atoms with E-state index in [9.17, 15) is 4.79 Å². The molecule has 1 aromatic rings. The van der Waals surface area contributed by atoms with Crippen molar-refractivity contribution in [2.24, 2.45) is 5.73 Å². The molecule has 0 atom stereocenters. The summed E-state index contributed by atoms with van der Waals surface area (Å²) >= 11 is 4.88. The Morgan fingerprint density at radius 1 is 1.47 bits per heavy atom. The molecule has 7 heteroatoms. The van der Waals surface area contributed by atoms with Crippen molar-refractivity contribution in [2.45, 2.75) is 0 Å². The van der Waals surface area contributed by atoms with Gasteiger partial charge >= 0.3 is 0 Å². The van der Waals surface area contributed by atoms with Crippen LogP contribution in [0.25, 0.3) is 0 Å². The minimum Gasteiger partial charge on any atom is -0.392 e. The predicted molar refractivity (Wildman–Crippen MR) is 70.3 cm³/mol. The normalized spacial score (nSPS) is 17.1. The van der Waals surface area contributed by atoms with Gasteiger partial charge in [0.25, 0.3) is 5.56 Å². The number of aromatic amines is 1. The molecule has 17 heavy (non-hydrogen) atoms. The first-order valence-corrected chi connectivity index (χ1v) is 5.86. The number of anilines is 1. The van der Waals surface area contributed by atoms with Gasteiger partial charge in [0.2, 0.25) is 0 Å². The van der Waals surface area contributed by atoms with Crippen LogP contribution in [0, 0.1) is 0 Å². The predicted octanol–water partition coefficient (Wildman–Crippen LogP) is -0.822. The summed E-state index contributed by atoms with van der Waals surface area (Å²) in [4.78, 5) is 22.6. The highest BCUT2D eigenvalue weighted by molar-refractivity contribution is 7.80. The number of aromatic nitrogens is 2. The van der Waals surface area contributed by atoms with Crippen LogP contribution in [0.2, 0.25) is 0 Å². The highest BCUT2D eigenvalue weighted by Crippen LogP contribution is 2.10. The third-order valence-corrected chi connectivity index (χ3v) is 2.87. The van der Waals surface area contributed by atoms with Crippen LogP contribution in [0.5, 0.6) is 0 Å². The maximum atomic E-state index is 11.2. The summed E-state index contributed by atoms with van der Waals surface area (Å²) in [5, 5.41) is 0. The number of nitrogens with two attached hydrogens (primary N) is 1. The highest BCUT2D eigenvalue weighted by atomic mass is 32.1. The van der Waals surface area contributed by atoms with Crippen molar-refractivity contribution >= 4 is 23.0 Å². The van der Waals surface area contributed by atoms with Crippen molar-refractivity contribution in [2.75, 3.05) is 37.6 Å². The molecule has 0 amide bonds. The molecule has 0 radical (unpaired) electrons. The summed E-state index contributed by atoms with van der Waals surface area (Å²) in [5.74, 6) is 0.726. The Kier molecular flexibility index (Phi) is 3.70. The molecule has 2 heterocycles. The molecule has 6 nitrogen and oxygen atoms in total. The van der Waals surface area contributed by atoms with Gasteiger partial charge in [0.05, 0.1) is 11.3 Å². The standard InChI is InChI=1S/C10H15N5OS/c11-8(17)6-14-1-3-15(4-2-14)9-5-10(16)13-7-12-9/h5,7H,1-4,6H2,(H2,11,17)(H,12,13,16). The summed E-state index contributed by atoms with van der Waals surface area (Å²) in [6.07, 6.45) is 1.43. The molecule has 0 aliphatic carbocycles. The molecule has 1 fully saturated rings. The van der Waals surface area contributed by atoms with E-state index in [1.165, 1.54) is 12.4 Å². The zero-order valence-electron chi connectivity index (χ0n) is 9.43. The summed E-state index contributed by atoms with van der Waals surface area (Å²) in [6.45, 7) is 4.09. The number of nitrogens with zero attached hydrogens (tertiary/aromatic N) is 3. The highest BCUT2D eigenvalue weighted by Gasteiger charge is 2.18. The van der Waals surface area contributed by atoms with Gasteiger partial charge in [-0.3, -0.25) is 9.69 Å². The number of thiocarbonyl (C=S) groups is 1. The molecule has 1 saturated heterocycles. The Morgan fingerprint density at radius 3 is 2.76 bits per heavy atom. The summed E-state index contributed by atoms with van der Waals surface area (Å²) in [5.41, 5.74) is 5.38. The van der Waals surface area contributed by atoms with Crippen molar-refractivity contribution in [1.82, 2.24) is 14.9 Å². The van der Waals surface area contributed by atoms with Crippen molar-refractivity contribution in [3.8, 4) is 0 Å². The topological polar surface area (TPSA) is 78.2 Å². The van der Waals surface area contributed by atoms with Gasteiger partial charge in [-0.15, -0.1) is 0 Å². The zero-order valence-corrected chi connectivity index (χ0v) is 10.2. The number of hydrogen-bond acceptors (Lipinski definition) is 5. The van der Waals surface area contributed by atoms with Crippen molar-refractivity contribution < 1.29 is 0 Å². The Morgan fingerprint density at radius 2 is 2.18 bits per heavy atom. The fourth-order valence-corrected chi connectivity index (χ4v) is 2.07. The molecule has 0 aromatic carbocycles. The molecular weight excluding hydrogens is 238 g/mol. The van der Waals surface area contributed by atoms with Gasteiger partial charge in [0, 0.05) is 38.8 Å². The van der Waals surface area contributed by atoms with Crippen molar-refractivity contribution in [1.29, 1.82) is 0 Å². The second-order valence-electron chi connectivity index (χ2n) is 4.00. The van der Waals surface area contributed by atoms with Crippen LogP contribution in [0.1, 0.15) is 0 Å². The lowest BCUT2D eigenvalue weighted by Crippen LogP contribution is -2.49. The van der Waals surface area contributed by atoms with E-state index in [1.807, 2.05) is 0 Å². The van der Waals surface area contributed by atoms with E-state index in [0.29, 0.717) is 11.5 Å². The van der Waals surface area contributed by atoms with Gasteiger partial charge in [-0.05, 0) is 0 Å². The first-order valence-electron chi connectivity index (χ1n) is 5.45. The molecule has 0 saturated carbocycles. The zero-order chi connectivity index (χ0) is 12.3. The second kappa shape index (κ2) is 5.24. The molecule has 3 N–H and O–H groups in total.